The lowest BCUT2D eigenvalue weighted by atomic mass is 10.2. The lowest BCUT2D eigenvalue weighted by Gasteiger charge is -2.33. The van der Waals surface area contributed by atoms with E-state index in [1.807, 2.05) is 30.3 Å². The summed E-state index contributed by atoms with van der Waals surface area (Å²) in [4.78, 5) is 28.3. The van der Waals surface area contributed by atoms with Crippen LogP contribution in [0.1, 0.15) is 0 Å². The van der Waals surface area contributed by atoms with E-state index in [9.17, 15) is 4.79 Å². The Labute approximate surface area is 145 Å². The highest BCUT2D eigenvalue weighted by Crippen LogP contribution is 2.25. The van der Waals surface area contributed by atoms with Crippen LogP contribution >= 0.6 is 0 Å². The second-order valence-electron chi connectivity index (χ2n) is 6.24. The van der Waals surface area contributed by atoms with E-state index in [0.717, 1.165) is 43.1 Å². The molecule has 3 aromatic rings. The SMILES string of the molecule is CN1CCN(c2nc(Nc3ccccc3)nc3[nH]c(=O)ccc23)CC1. The molecule has 25 heavy (non-hydrogen) atoms. The van der Waals surface area contributed by atoms with E-state index in [-0.39, 0.29) is 5.56 Å². The second-order valence-corrected chi connectivity index (χ2v) is 6.24. The maximum absolute atomic E-state index is 11.7. The van der Waals surface area contributed by atoms with Crippen molar-refractivity contribution in [1.29, 1.82) is 0 Å². The number of rotatable bonds is 3. The second kappa shape index (κ2) is 6.52. The minimum atomic E-state index is -0.166. The molecule has 1 aromatic carbocycles. The average molecular weight is 336 g/mol. The Hall–Kier alpha value is -2.93. The lowest BCUT2D eigenvalue weighted by molar-refractivity contribution is 0.312. The van der Waals surface area contributed by atoms with Gasteiger partial charge >= 0.3 is 0 Å². The van der Waals surface area contributed by atoms with Crippen LogP contribution in [0.2, 0.25) is 0 Å². The molecule has 0 spiro atoms. The van der Waals surface area contributed by atoms with Gasteiger partial charge in [-0.1, -0.05) is 18.2 Å². The number of H-pyrrole nitrogens is 1. The van der Waals surface area contributed by atoms with Crippen LogP contribution in [-0.2, 0) is 0 Å². The van der Waals surface area contributed by atoms with Gasteiger partial charge in [0, 0.05) is 37.9 Å². The van der Waals surface area contributed by atoms with Gasteiger partial charge in [0.25, 0.3) is 0 Å². The zero-order valence-corrected chi connectivity index (χ0v) is 14.1. The Morgan fingerprint density at radius 3 is 2.52 bits per heavy atom. The van der Waals surface area contributed by atoms with Crippen LogP contribution in [0.4, 0.5) is 17.5 Å². The average Bonchev–Trinajstić information content (AvgIpc) is 2.62. The Kier molecular flexibility index (Phi) is 4.07. The van der Waals surface area contributed by atoms with Crippen LogP contribution in [0.15, 0.2) is 47.3 Å². The highest BCUT2D eigenvalue weighted by molar-refractivity contribution is 5.88. The van der Waals surface area contributed by atoms with Crippen LogP contribution < -0.4 is 15.8 Å². The molecule has 0 unspecified atom stereocenters. The first-order valence-electron chi connectivity index (χ1n) is 8.36. The van der Waals surface area contributed by atoms with E-state index in [2.05, 4.69) is 32.1 Å². The van der Waals surface area contributed by atoms with Gasteiger partial charge in [-0.25, -0.2) is 0 Å². The summed E-state index contributed by atoms with van der Waals surface area (Å²) < 4.78 is 0. The van der Waals surface area contributed by atoms with Gasteiger partial charge in [0.2, 0.25) is 11.5 Å². The van der Waals surface area contributed by atoms with Crippen molar-refractivity contribution < 1.29 is 0 Å². The van der Waals surface area contributed by atoms with Crippen molar-refractivity contribution in [1.82, 2.24) is 19.9 Å². The standard InChI is InChI=1S/C18H20N6O/c1-23-9-11-24(12-10-23)17-14-7-8-15(25)20-16(14)21-18(22-17)19-13-5-3-2-4-6-13/h2-8H,9-12H2,1H3,(H2,19,20,21,22,25). The van der Waals surface area contributed by atoms with Gasteiger partial charge in [0.05, 0.1) is 5.39 Å². The fourth-order valence-corrected chi connectivity index (χ4v) is 2.99. The summed E-state index contributed by atoms with van der Waals surface area (Å²) in [6.07, 6.45) is 0. The first kappa shape index (κ1) is 15.6. The molecule has 7 nitrogen and oxygen atoms in total. The number of nitrogens with one attached hydrogen (secondary N) is 2. The minimum absolute atomic E-state index is 0.166. The van der Waals surface area contributed by atoms with Crippen LogP contribution in [0.3, 0.4) is 0 Å². The molecule has 2 aromatic heterocycles. The lowest BCUT2D eigenvalue weighted by Crippen LogP contribution is -2.45. The molecule has 0 radical (unpaired) electrons. The minimum Gasteiger partial charge on any atom is -0.353 e. The van der Waals surface area contributed by atoms with Crippen molar-refractivity contribution in [3.63, 3.8) is 0 Å². The molecule has 1 fully saturated rings. The molecule has 128 valence electrons. The van der Waals surface area contributed by atoms with E-state index >= 15 is 0 Å². The predicted octanol–water partition coefficient (Wildman–Crippen LogP) is 1.81. The molecule has 3 heterocycles. The third-order valence-corrected chi connectivity index (χ3v) is 4.40. The van der Waals surface area contributed by atoms with Crippen LogP contribution in [0.25, 0.3) is 11.0 Å². The molecule has 0 saturated carbocycles. The number of nitrogens with zero attached hydrogens (tertiary/aromatic N) is 4. The number of fused-ring (bicyclic) bond motifs is 1. The molecule has 7 heteroatoms. The van der Waals surface area contributed by atoms with E-state index < -0.39 is 0 Å². The first-order valence-corrected chi connectivity index (χ1v) is 8.36. The summed E-state index contributed by atoms with van der Waals surface area (Å²) in [7, 11) is 2.12. The summed E-state index contributed by atoms with van der Waals surface area (Å²) in [5.74, 6) is 1.34. The number of aromatic nitrogens is 3. The van der Waals surface area contributed by atoms with Crippen molar-refractivity contribution in [2.75, 3.05) is 43.4 Å². The molecule has 1 aliphatic heterocycles. The Bertz CT molecular complexity index is 931. The number of hydrogen-bond donors (Lipinski definition) is 2. The molecular formula is C18H20N6O. The Balaban J connectivity index is 1.78. The number of benzene rings is 1. The molecule has 1 aliphatic rings. The highest BCUT2D eigenvalue weighted by Gasteiger charge is 2.19. The molecule has 1 saturated heterocycles. The molecular weight excluding hydrogens is 316 g/mol. The molecule has 0 bridgehead atoms. The molecule has 0 amide bonds. The van der Waals surface area contributed by atoms with Crippen molar-refractivity contribution >= 4 is 28.5 Å². The van der Waals surface area contributed by atoms with Gasteiger partial charge in [0.1, 0.15) is 11.5 Å². The van der Waals surface area contributed by atoms with E-state index in [1.54, 1.807) is 6.07 Å². The summed E-state index contributed by atoms with van der Waals surface area (Å²) in [5, 5.41) is 4.09. The predicted molar refractivity (Wildman–Crippen MR) is 99.6 cm³/mol. The van der Waals surface area contributed by atoms with Crippen molar-refractivity contribution in [3.05, 3.63) is 52.8 Å². The number of anilines is 3. The summed E-state index contributed by atoms with van der Waals surface area (Å²) >= 11 is 0. The number of pyridine rings is 1. The maximum atomic E-state index is 11.7. The van der Waals surface area contributed by atoms with E-state index in [4.69, 9.17) is 4.98 Å². The number of likely N-dealkylation sites (N-methyl/N-ethyl adjacent to an activating group) is 1. The van der Waals surface area contributed by atoms with Crippen LogP contribution in [-0.4, -0.2) is 53.1 Å². The van der Waals surface area contributed by atoms with Crippen molar-refractivity contribution in [2.45, 2.75) is 0 Å². The Morgan fingerprint density at radius 2 is 1.76 bits per heavy atom. The topological polar surface area (TPSA) is 77.2 Å². The van der Waals surface area contributed by atoms with Gasteiger partial charge in [-0.15, -0.1) is 0 Å². The summed E-state index contributed by atoms with van der Waals surface area (Å²) in [5.41, 5.74) is 1.29. The maximum Gasteiger partial charge on any atom is 0.249 e. The first-order chi connectivity index (χ1) is 12.2. The molecule has 4 rings (SSSR count). The zero-order valence-electron chi connectivity index (χ0n) is 14.1. The van der Waals surface area contributed by atoms with Crippen LogP contribution in [0, 0.1) is 0 Å². The molecule has 2 N–H and O–H groups in total. The van der Waals surface area contributed by atoms with Crippen molar-refractivity contribution in [2.24, 2.45) is 0 Å². The van der Waals surface area contributed by atoms with Crippen molar-refractivity contribution in [3.8, 4) is 0 Å². The normalized spacial score (nSPS) is 15.5. The smallest absolute Gasteiger partial charge is 0.249 e. The van der Waals surface area contributed by atoms with Gasteiger partial charge in [-0.2, -0.15) is 9.97 Å². The fourth-order valence-electron chi connectivity index (χ4n) is 2.99. The molecule has 0 aliphatic carbocycles. The Morgan fingerprint density at radius 1 is 1.00 bits per heavy atom. The third kappa shape index (κ3) is 3.32. The van der Waals surface area contributed by atoms with E-state index in [0.29, 0.717) is 11.6 Å². The van der Waals surface area contributed by atoms with Gasteiger partial charge in [0.15, 0.2) is 0 Å². The fraction of sp³-hybridized carbons (Fsp3) is 0.278. The van der Waals surface area contributed by atoms with E-state index in [1.165, 1.54) is 6.07 Å². The van der Waals surface area contributed by atoms with Crippen LogP contribution in [0.5, 0.6) is 0 Å². The van der Waals surface area contributed by atoms with Gasteiger partial charge in [-0.05, 0) is 25.2 Å². The largest absolute Gasteiger partial charge is 0.353 e. The summed E-state index contributed by atoms with van der Waals surface area (Å²) in [6, 6.07) is 13.1. The quantitative estimate of drug-likeness (QED) is 0.760. The van der Waals surface area contributed by atoms with Gasteiger partial charge in [-0.3, -0.25) is 4.79 Å². The number of piperazine rings is 1. The summed E-state index contributed by atoms with van der Waals surface area (Å²) in [6.45, 7) is 3.76. The monoisotopic (exact) mass is 336 g/mol. The highest BCUT2D eigenvalue weighted by atomic mass is 16.1. The molecule has 0 atom stereocenters. The van der Waals surface area contributed by atoms with Gasteiger partial charge < -0.3 is 20.1 Å². The number of hydrogen-bond acceptors (Lipinski definition) is 6. The zero-order chi connectivity index (χ0) is 17.2. The third-order valence-electron chi connectivity index (χ3n) is 4.40. The number of para-hydroxylation sites is 1. The number of aromatic amines is 1.